The van der Waals surface area contributed by atoms with E-state index in [2.05, 4.69) is 117 Å². The zero-order valence-corrected chi connectivity index (χ0v) is 23.5. The van der Waals surface area contributed by atoms with Crippen molar-refractivity contribution in [3.05, 3.63) is 97.6 Å². The van der Waals surface area contributed by atoms with Crippen molar-refractivity contribution in [1.29, 1.82) is 0 Å². The molecule has 0 aliphatic heterocycles. The molecule has 4 nitrogen and oxygen atoms in total. The molecule has 5 aromatic rings. The number of aryl methyl sites for hydroxylation is 3. The first-order chi connectivity index (χ1) is 19.3. The average Bonchev–Trinajstić information content (AvgIpc) is 3.31. The van der Waals surface area contributed by atoms with Crippen LogP contribution in [0.5, 0.6) is 0 Å². The SMILES string of the molecule is [NH3+]CCC[n+]1ccc(-c2cc[n+](CCCCCCCCCCn3c4ccccc4c4ccccc43)cc2)cc1. The molecule has 0 fully saturated rings. The number of hydrogen-bond donors (Lipinski definition) is 1. The van der Waals surface area contributed by atoms with Crippen LogP contribution in [0.1, 0.15) is 57.8 Å². The monoisotopic (exact) mass is 521 g/mol. The number of benzene rings is 2. The van der Waals surface area contributed by atoms with Gasteiger partial charge in [-0.05, 0) is 36.1 Å². The highest BCUT2D eigenvalue weighted by molar-refractivity contribution is 6.07. The Hall–Kier alpha value is -3.50. The Morgan fingerprint density at radius 3 is 1.44 bits per heavy atom. The zero-order chi connectivity index (χ0) is 26.7. The molecule has 0 aliphatic rings. The number of aromatic nitrogens is 3. The molecule has 0 aliphatic carbocycles. The lowest BCUT2D eigenvalue weighted by Crippen LogP contribution is -2.51. The first-order valence-electron chi connectivity index (χ1n) is 15.1. The highest BCUT2D eigenvalue weighted by Gasteiger charge is 2.09. The molecule has 202 valence electrons. The molecule has 0 atom stereocenters. The Morgan fingerprint density at radius 1 is 0.487 bits per heavy atom. The Labute approximate surface area is 233 Å². The molecular formula is C35H45N4+3. The predicted molar refractivity (Wildman–Crippen MR) is 161 cm³/mol. The number of unbranched alkanes of at least 4 members (excludes halogenated alkanes) is 7. The second-order valence-corrected chi connectivity index (χ2v) is 10.9. The lowest BCUT2D eigenvalue weighted by Gasteiger charge is -2.07. The van der Waals surface area contributed by atoms with Crippen LogP contribution < -0.4 is 14.9 Å². The van der Waals surface area contributed by atoms with Crippen LogP contribution in [0.15, 0.2) is 97.6 Å². The molecular weight excluding hydrogens is 476 g/mol. The van der Waals surface area contributed by atoms with E-state index in [1.54, 1.807) is 0 Å². The maximum Gasteiger partial charge on any atom is 0.169 e. The van der Waals surface area contributed by atoms with E-state index in [4.69, 9.17) is 0 Å². The standard InChI is InChI=1S/C35H44N4/c36-22-13-24-38-28-20-31(21-29-38)30-18-26-37(27-19-30)23-11-5-3-1-2-4-6-12-25-39-34-16-9-7-14-32(34)33-15-8-10-17-35(33)39/h7-10,14-21,26-29H,1-6,11-13,22-25,36H2/q+2/p+1. The normalized spacial score (nSPS) is 11.5. The molecule has 39 heavy (non-hydrogen) atoms. The molecule has 3 heterocycles. The summed E-state index contributed by atoms with van der Waals surface area (Å²) < 4.78 is 7.09. The number of nitrogens with zero attached hydrogens (tertiary/aromatic N) is 3. The summed E-state index contributed by atoms with van der Waals surface area (Å²) >= 11 is 0. The lowest BCUT2D eigenvalue weighted by molar-refractivity contribution is -0.699. The van der Waals surface area contributed by atoms with Gasteiger partial charge in [0, 0.05) is 59.0 Å². The van der Waals surface area contributed by atoms with Gasteiger partial charge in [0.25, 0.3) is 0 Å². The average molecular weight is 522 g/mol. The Morgan fingerprint density at radius 2 is 0.923 bits per heavy atom. The van der Waals surface area contributed by atoms with Crippen LogP contribution in [0.3, 0.4) is 0 Å². The molecule has 3 N–H and O–H groups in total. The van der Waals surface area contributed by atoms with Crippen molar-refractivity contribution >= 4 is 21.8 Å². The number of fused-ring (bicyclic) bond motifs is 3. The van der Waals surface area contributed by atoms with Crippen LogP contribution in [0, 0.1) is 0 Å². The summed E-state index contributed by atoms with van der Waals surface area (Å²) in [6.07, 6.45) is 20.5. The van der Waals surface area contributed by atoms with Gasteiger partial charge in [0.05, 0.1) is 13.0 Å². The van der Waals surface area contributed by atoms with Crippen molar-refractivity contribution in [2.24, 2.45) is 0 Å². The summed E-state index contributed by atoms with van der Waals surface area (Å²) in [7, 11) is 0. The predicted octanol–water partition coefficient (Wildman–Crippen LogP) is 6.49. The summed E-state index contributed by atoms with van der Waals surface area (Å²) in [5.74, 6) is 0. The van der Waals surface area contributed by atoms with Crippen molar-refractivity contribution in [3.8, 4) is 11.1 Å². The highest BCUT2D eigenvalue weighted by Crippen LogP contribution is 2.29. The quantitative estimate of drug-likeness (QED) is 0.121. The van der Waals surface area contributed by atoms with Crippen LogP contribution in [-0.4, -0.2) is 11.1 Å². The number of rotatable bonds is 15. The third-order valence-corrected chi connectivity index (χ3v) is 8.01. The van der Waals surface area contributed by atoms with Gasteiger partial charge in [-0.15, -0.1) is 0 Å². The van der Waals surface area contributed by atoms with Gasteiger partial charge < -0.3 is 10.3 Å². The number of pyridine rings is 2. The Bertz CT molecular complexity index is 1380. The number of para-hydroxylation sites is 2. The molecule has 5 rings (SSSR count). The molecule has 4 heteroatoms. The van der Waals surface area contributed by atoms with Crippen molar-refractivity contribution in [2.45, 2.75) is 77.4 Å². The van der Waals surface area contributed by atoms with Crippen molar-refractivity contribution in [1.82, 2.24) is 4.57 Å². The molecule has 0 bridgehead atoms. The third kappa shape index (κ3) is 7.13. The first kappa shape index (κ1) is 27.1. The van der Waals surface area contributed by atoms with E-state index in [1.165, 1.54) is 84.3 Å². The second-order valence-electron chi connectivity index (χ2n) is 10.9. The van der Waals surface area contributed by atoms with Gasteiger partial charge in [-0.2, -0.15) is 0 Å². The van der Waals surface area contributed by atoms with E-state index in [1.807, 2.05) is 0 Å². The molecule has 0 spiro atoms. The smallest absolute Gasteiger partial charge is 0.169 e. The van der Waals surface area contributed by atoms with Crippen LogP contribution in [-0.2, 0) is 19.6 Å². The fourth-order valence-electron chi connectivity index (χ4n) is 5.76. The number of hydrogen-bond acceptors (Lipinski definition) is 0. The largest absolute Gasteiger partial charge is 0.357 e. The summed E-state index contributed by atoms with van der Waals surface area (Å²) in [6, 6.07) is 26.6. The van der Waals surface area contributed by atoms with E-state index in [0.29, 0.717) is 0 Å². The summed E-state index contributed by atoms with van der Waals surface area (Å²) in [6.45, 7) is 4.25. The molecule has 0 radical (unpaired) electrons. The highest BCUT2D eigenvalue weighted by atomic mass is 15.0. The van der Waals surface area contributed by atoms with Gasteiger partial charge in [-0.25, -0.2) is 9.13 Å². The minimum atomic E-state index is 0.985. The fraction of sp³-hybridized carbons (Fsp3) is 0.371. The van der Waals surface area contributed by atoms with Gasteiger partial charge >= 0.3 is 0 Å². The van der Waals surface area contributed by atoms with E-state index in [9.17, 15) is 0 Å². The van der Waals surface area contributed by atoms with Crippen LogP contribution in [0.4, 0.5) is 0 Å². The van der Waals surface area contributed by atoms with Crippen molar-refractivity contribution in [3.63, 3.8) is 0 Å². The van der Waals surface area contributed by atoms with E-state index in [0.717, 1.165) is 32.6 Å². The minimum Gasteiger partial charge on any atom is -0.357 e. The minimum absolute atomic E-state index is 0.985. The molecule has 3 aromatic heterocycles. The third-order valence-electron chi connectivity index (χ3n) is 8.01. The van der Waals surface area contributed by atoms with E-state index >= 15 is 0 Å². The van der Waals surface area contributed by atoms with Crippen LogP contribution >= 0.6 is 0 Å². The molecule has 0 saturated carbocycles. The van der Waals surface area contributed by atoms with Gasteiger partial charge in [-0.3, -0.25) is 0 Å². The summed E-state index contributed by atoms with van der Waals surface area (Å²) in [5.41, 5.74) is 9.24. The van der Waals surface area contributed by atoms with Crippen LogP contribution in [0.25, 0.3) is 32.9 Å². The van der Waals surface area contributed by atoms with Gasteiger partial charge in [0.1, 0.15) is 6.54 Å². The van der Waals surface area contributed by atoms with Crippen LogP contribution in [0.2, 0.25) is 0 Å². The van der Waals surface area contributed by atoms with Crippen molar-refractivity contribution in [2.75, 3.05) is 6.54 Å². The Balaban J connectivity index is 0.956. The summed E-state index contributed by atoms with van der Waals surface area (Å²) in [4.78, 5) is 0. The van der Waals surface area contributed by atoms with Crippen molar-refractivity contribution < 1.29 is 14.9 Å². The number of quaternary nitrogens is 1. The Kier molecular flexibility index (Phi) is 9.75. The summed E-state index contributed by atoms with van der Waals surface area (Å²) in [5, 5.41) is 2.76. The van der Waals surface area contributed by atoms with Gasteiger partial charge in [0.15, 0.2) is 31.3 Å². The molecule has 2 aromatic carbocycles. The molecule has 0 amide bonds. The van der Waals surface area contributed by atoms with Gasteiger partial charge in [-0.1, -0.05) is 68.5 Å². The van der Waals surface area contributed by atoms with E-state index < -0.39 is 0 Å². The topological polar surface area (TPSA) is 40.3 Å². The maximum absolute atomic E-state index is 3.93. The van der Waals surface area contributed by atoms with Gasteiger partial charge in [0.2, 0.25) is 0 Å². The fourth-order valence-corrected chi connectivity index (χ4v) is 5.76. The molecule has 0 saturated heterocycles. The maximum atomic E-state index is 3.93. The second kappa shape index (κ2) is 14.0. The first-order valence-corrected chi connectivity index (χ1v) is 15.1. The van der Waals surface area contributed by atoms with E-state index in [-0.39, 0.29) is 0 Å². The zero-order valence-electron chi connectivity index (χ0n) is 23.5. The lowest BCUT2D eigenvalue weighted by atomic mass is 10.1. The molecule has 0 unspecified atom stereocenters.